The van der Waals surface area contributed by atoms with E-state index in [1.165, 1.54) is 19.2 Å². The van der Waals surface area contributed by atoms with Crippen molar-refractivity contribution < 1.29 is 14.3 Å². The summed E-state index contributed by atoms with van der Waals surface area (Å²) in [5, 5.41) is 9.06. The molecule has 0 radical (unpaired) electrons. The number of benzene rings is 2. The summed E-state index contributed by atoms with van der Waals surface area (Å²) >= 11 is 0. The van der Waals surface area contributed by atoms with Gasteiger partial charge in [-0.25, -0.2) is 4.79 Å². The fraction of sp³-hybridized carbons (Fsp3) is 0.125. The van der Waals surface area contributed by atoms with E-state index in [-0.39, 0.29) is 11.1 Å². The van der Waals surface area contributed by atoms with Gasteiger partial charge < -0.3 is 9.47 Å². The molecule has 0 heterocycles. The van der Waals surface area contributed by atoms with Gasteiger partial charge in [-0.3, -0.25) is 0 Å². The van der Waals surface area contributed by atoms with Crippen LogP contribution in [0.3, 0.4) is 0 Å². The first kappa shape index (κ1) is 13.6. The predicted molar refractivity (Wildman–Crippen MR) is 73.3 cm³/mol. The van der Waals surface area contributed by atoms with Gasteiger partial charge in [-0.15, -0.1) is 0 Å². The Balaban J connectivity index is 2.14. The molecule has 2 aromatic carbocycles. The Hall–Kier alpha value is -2.80. The van der Waals surface area contributed by atoms with Gasteiger partial charge in [0.1, 0.15) is 18.4 Å². The molecular weight excluding hydrogens is 254 g/mol. The van der Waals surface area contributed by atoms with E-state index >= 15 is 0 Å². The first-order chi connectivity index (χ1) is 9.74. The molecule has 0 aliphatic carbocycles. The molecule has 0 aromatic heterocycles. The normalized spacial score (nSPS) is 9.60. The van der Waals surface area contributed by atoms with Crippen LogP contribution in [0.4, 0.5) is 0 Å². The van der Waals surface area contributed by atoms with Crippen molar-refractivity contribution in [3.8, 4) is 11.8 Å². The minimum atomic E-state index is -0.531. The highest BCUT2D eigenvalue weighted by molar-refractivity contribution is 5.92. The highest BCUT2D eigenvalue weighted by Crippen LogP contribution is 2.19. The van der Waals surface area contributed by atoms with Crippen LogP contribution in [0.25, 0.3) is 0 Å². The van der Waals surface area contributed by atoms with Gasteiger partial charge in [-0.1, -0.05) is 30.3 Å². The van der Waals surface area contributed by atoms with E-state index in [9.17, 15) is 4.79 Å². The second-order valence-electron chi connectivity index (χ2n) is 4.09. The van der Waals surface area contributed by atoms with E-state index in [0.717, 1.165) is 5.56 Å². The number of carbonyl (C=O) groups is 1. The number of nitrogens with zero attached hydrogens (tertiary/aromatic N) is 1. The van der Waals surface area contributed by atoms with Crippen molar-refractivity contribution in [3.05, 3.63) is 65.2 Å². The van der Waals surface area contributed by atoms with Crippen LogP contribution in [0.1, 0.15) is 21.5 Å². The molecular formula is C16H13NO3. The number of hydrogen-bond donors (Lipinski definition) is 0. The SMILES string of the molecule is COC(=O)c1ccc(OCc2ccccc2)cc1C#N. The van der Waals surface area contributed by atoms with E-state index in [2.05, 4.69) is 4.74 Å². The molecule has 0 N–H and O–H groups in total. The molecule has 20 heavy (non-hydrogen) atoms. The van der Waals surface area contributed by atoms with Crippen molar-refractivity contribution in [2.24, 2.45) is 0 Å². The lowest BCUT2D eigenvalue weighted by atomic mass is 10.1. The number of methoxy groups -OCH3 is 1. The van der Waals surface area contributed by atoms with E-state index in [0.29, 0.717) is 12.4 Å². The molecule has 4 heteroatoms. The van der Waals surface area contributed by atoms with Gasteiger partial charge in [0.25, 0.3) is 0 Å². The van der Waals surface area contributed by atoms with Gasteiger partial charge in [0.05, 0.1) is 18.2 Å². The van der Waals surface area contributed by atoms with Crippen LogP contribution in [0.2, 0.25) is 0 Å². The number of ether oxygens (including phenoxy) is 2. The zero-order valence-electron chi connectivity index (χ0n) is 11.0. The number of esters is 1. The highest BCUT2D eigenvalue weighted by Gasteiger charge is 2.12. The van der Waals surface area contributed by atoms with Crippen LogP contribution in [-0.2, 0) is 11.3 Å². The van der Waals surface area contributed by atoms with Crippen molar-refractivity contribution in [1.82, 2.24) is 0 Å². The molecule has 100 valence electrons. The van der Waals surface area contributed by atoms with Gasteiger partial charge in [0.2, 0.25) is 0 Å². The van der Waals surface area contributed by atoms with E-state index < -0.39 is 5.97 Å². The number of nitriles is 1. The van der Waals surface area contributed by atoms with Crippen LogP contribution >= 0.6 is 0 Å². The highest BCUT2D eigenvalue weighted by atomic mass is 16.5. The molecule has 0 aliphatic rings. The molecule has 2 aromatic rings. The van der Waals surface area contributed by atoms with Gasteiger partial charge in [0, 0.05) is 0 Å². The van der Waals surface area contributed by atoms with Gasteiger partial charge in [0.15, 0.2) is 0 Å². The summed E-state index contributed by atoms with van der Waals surface area (Å²) in [5.41, 5.74) is 1.51. The minimum Gasteiger partial charge on any atom is -0.489 e. The maximum Gasteiger partial charge on any atom is 0.339 e. The van der Waals surface area contributed by atoms with Crippen molar-refractivity contribution >= 4 is 5.97 Å². The third-order valence-corrected chi connectivity index (χ3v) is 2.77. The third-order valence-electron chi connectivity index (χ3n) is 2.77. The minimum absolute atomic E-state index is 0.238. The van der Waals surface area contributed by atoms with Crippen molar-refractivity contribution in [2.45, 2.75) is 6.61 Å². The average Bonchev–Trinajstić information content (AvgIpc) is 2.52. The lowest BCUT2D eigenvalue weighted by molar-refractivity contribution is 0.0600. The lowest BCUT2D eigenvalue weighted by Gasteiger charge is -2.08. The Bertz CT molecular complexity index is 645. The smallest absolute Gasteiger partial charge is 0.339 e. The number of rotatable bonds is 4. The summed E-state index contributed by atoms with van der Waals surface area (Å²) in [6.45, 7) is 0.406. The predicted octanol–water partition coefficient (Wildman–Crippen LogP) is 2.92. The fourth-order valence-electron chi connectivity index (χ4n) is 1.73. The Morgan fingerprint density at radius 2 is 1.95 bits per heavy atom. The molecule has 0 bridgehead atoms. The summed E-state index contributed by atoms with van der Waals surface area (Å²) in [5.74, 6) is 0.00853. The van der Waals surface area contributed by atoms with Gasteiger partial charge >= 0.3 is 5.97 Å². The monoisotopic (exact) mass is 267 g/mol. The molecule has 0 saturated heterocycles. The maximum atomic E-state index is 11.5. The molecule has 0 spiro atoms. The van der Waals surface area contributed by atoms with Crippen LogP contribution in [0.5, 0.6) is 5.75 Å². The lowest BCUT2D eigenvalue weighted by Crippen LogP contribution is -2.04. The largest absolute Gasteiger partial charge is 0.489 e. The topological polar surface area (TPSA) is 59.3 Å². The maximum absolute atomic E-state index is 11.5. The number of hydrogen-bond acceptors (Lipinski definition) is 4. The summed E-state index contributed by atoms with van der Waals surface area (Å²) in [4.78, 5) is 11.5. The summed E-state index contributed by atoms with van der Waals surface area (Å²) < 4.78 is 10.2. The fourth-order valence-corrected chi connectivity index (χ4v) is 1.73. The Labute approximate surface area is 117 Å². The molecule has 2 rings (SSSR count). The summed E-state index contributed by atoms with van der Waals surface area (Å²) in [6, 6.07) is 16.4. The molecule has 0 aliphatic heterocycles. The van der Waals surface area contributed by atoms with Crippen LogP contribution in [0, 0.1) is 11.3 Å². The zero-order valence-corrected chi connectivity index (χ0v) is 11.0. The molecule has 0 fully saturated rings. The van der Waals surface area contributed by atoms with E-state index in [4.69, 9.17) is 10.00 Å². The Morgan fingerprint density at radius 1 is 1.20 bits per heavy atom. The molecule has 0 saturated carbocycles. The van der Waals surface area contributed by atoms with Gasteiger partial charge in [-0.05, 0) is 23.8 Å². The molecule has 4 nitrogen and oxygen atoms in total. The second-order valence-corrected chi connectivity index (χ2v) is 4.09. The van der Waals surface area contributed by atoms with Crippen molar-refractivity contribution in [3.63, 3.8) is 0 Å². The van der Waals surface area contributed by atoms with Crippen molar-refractivity contribution in [1.29, 1.82) is 5.26 Å². The summed E-state index contributed by atoms with van der Waals surface area (Å²) in [7, 11) is 1.28. The van der Waals surface area contributed by atoms with E-state index in [1.54, 1.807) is 6.07 Å². The number of carbonyl (C=O) groups excluding carboxylic acids is 1. The Morgan fingerprint density at radius 3 is 2.60 bits per heavy atom. The van der Waals surface area contributed by atoms with Gasteiger partial charge in [-0.2, -0.15) is 5.26 Å². The quantitative estimate of drug-likeness (QED) is 0.799. The van der Waals surface area contributed by atoms with E-state index in [1.807, 2.05) is 36.4 Å². The summed E-state index contributed by atoms with van der Waals surface area (Å²) in [6.07, 6.45) is 0. The zero-order chi connectivity index (χ0) is 14.4. The molecule has 0 unspecified atom stereocenters. The second kappa shape index (κ2) is 6.39. The standard InChI is InChI=1S/C16H13NO3/c1-19-16(18)15-8-7-14(9-13(15)10-17)20-11-12-5-3-2-4-6-12/h2-9H,11H2,1H3. The molecule has 0 amide bonds. The average molecular weight is 267 g/mol. The first-order valence-corrected chi connectivity index (χ1v) is 6.04. The third kappa shape index (κ3) is 3.15. The van der Waals surface area contributed by atoms with Crippen molar-refractivity contribution in [2.75, 3.05) is 7.11 Å². The van der Waals surface area contributed by atoms with Crippen LogP contribution in [-0.4, -0.2) is 13.1 Å². The van der Waals surface area contributed by atoms with Crippen LogP contribution < -0.4 is 4.74 Å². The Kier molecular flexibility index (Phi) is 4.35. The first-order valence-electron chi connectivity index (χ1n) is 6.04. The van der Waals surface area contributed by atoms with Crippen LogP contribution in [0.15, 0.2) is 48.5 Å². The molecule has 0 atom stereocenters.